The van der Waals surface area contributed by atoms with Crippen LogP contribution in [0.4, 0.5) is 0 Å². The lowest BCUT2D eigenvalue weighted by molar-refractivity contribution is -0.146. The van der Waals surface area contributed by atoms with Gasteiger partial charge < -0.3 is 19.7 Å². The number of aryl methyl sites for hydroxylation is 8. The van der Waals surface area contributed by atoms with Crippen LogP contribution in [-0.4, -0.2) is 45.2 Å². The second-order valence-electron chi connectivity index (χ2n) is 16.8. The lowest BCUT2D eigenvalue weighted by Gasteiger charge is -2.24. The van der Waals surface area contributed by atoms with Gasteiger partial charge in [-0.25, -0.2) is 33.5 Å². The Labute approximate surface area is 386 Å². The van der Waals surface area contributed by atoms with Gasteiger partial charge in [0.05, 0.1) is 32.9 Å². The molecule has 3 N–H and O–H groups in total. The normalized spacial score (nSPS) is 11.9. The number of fused-ring (bicyclic) bond motifs is 2. The minimum atomic E-state index is -1.72. The number of thiophene rings is 2. The topological polar surface area (TPSA) is 220 Å². The molecule has 0 aliphatic carbocycles. The maximum Gasteiger partial charge on any atom is 0.333 e. The molecule has 0 saturated carbocycles. The quantitative estimate of drug-likeness (QED) is 0.113. The third kappa shape index (κ3) is 8.30. The van der Waals surface area contributed by atoms with Crippen molar-refractivity contribution in [2.24, 2.45) is 5.73 Å². The Morgan fingerprint density at radius 2 is 1.03 bits per heavy atom. The van der Waals surface area contributed by atoms with Gasteiger partial charge in [0, 0.05) is 13.1 Å². The molecule has 18 heteroatoms. The highest BCUT2D eigenvalue weighted by atomic mass is 32.1. The number of oxazole rings is 2. The SMILES string of the molecule is CCc1ccccc1CCn1c(=O)n(C(C)(C)C(=O)O)c(=O)c2c(C)c(-c3ncco3)sc21.CCc1ccccc1CCn1c(=O)n(C(C)(C)C(N)=O)c(=O)c2c(C)c(-c3ncco3)sc21. The summed E-state index contributed by atoms with van der Waals surface area (Å²) in [6, 6.07) is 16.1. The number of hydrogen-bond donors (Lipinski definition) is 2. The molecule has 1 amide bonds. The van der Waals surface area contributed by atoms with Gasteiger partial charge >= 0.3 is 17.3 Å². The minimum Gasteiger partial charge on any atom is -0.480 e. The van der Waals surface area contributed by atoms with Gasteiger partial charge in [0.2, 0.25) is 17.7 Å². The van der Waals surface area contributed by atoms with E-state index in [1.165, 1.54) is 91.0 Å². The number of carbonyl (C=O) groups excluding carboxylic acids is 1. The smallest absolute Gasteiger partial charge is 0.333 e. The molecule has 2 aromatic carbocycles. The Morgan fingerprint density at radius 1 is 0.652 bits per heavy atom. The number of nitrogens with zero attached hydrogens (tertiary/aromatic N) is 6. The number of aliphatic carboxylic acids is 1. The lowest BCUT2D eigenvalue weighted by atomic mass is 10.0. The van der Waals surface area contributed by atoms with Gasteiger partial charge in [-0.1, -0.05) is 62.4 Å². The third-order valence-electron chi connectivity index (χ3n) is 12.1. The van der Waals surface area contributed by atoms with Gasteiger partial charge in [-0.15, -0.1) is 22.7 Å². The predicted molar refractivity (Wildman–Crippen MR) is 256 cm³/mol. The molecule has 0 spiro atoms. The largest absolute Gasteiger partial charge is 0.480 e. The molecule has 6 aromatic heterocycles. The molecule has 8 aromatic rings. The van der Waals surface area contributed by atoms with Crippen molar-refractivity contribution >= 4 is 55.0 Å². The zero-order valence-corrected chi connectivity index (χ0v) is 39.6. The van der Waals surface area contributed by atoms with Crippen LogP contribution >= 0.6 is 22.7 Å². The van der Waals surface area contributed by atoms with Crippen molar-refractivity contribution in [2.45, 2.75) is 105 Å². The van der Waals surface area contributed by atoms with Crippen LogP contribution in [0.3, 0.4) is 0 Å². The van der Waals surface area contributed by atoms with E-state index in [0.29, 0.717) is 79.0 Å². The van der Waals surface area contributed by atoms with Gasteiger partial charge in [0.25, 0.3) is 11.1 Å². The molecule has 16 nitrogen and oxygen atoms in total. The fourth-order valence-electron chi connectivity index (χ4n) is 8.12. The second-order valence-corrected chi connectivity index (χ2v) is 18.8. The number of carbonyl (C=O) groups is 2. The summed E-state index contributed by atoms with van der Waals surface area (Å²) in [4.78, 5) is 89.1. The first-order valence-corrected chi connectivity index (χ1v) is 23.0. The van der Waals surface area contributed by atoms with Crippen LogP contribution < -0.4 is 28.2 Å². The number of carboxylic acid groups (broad SMARTS) is 1. The average Bonchev–Trinajstić information content (AvgIpc) is 4.12. The molecule has 0 aliphatic rings. The fraction of sp³-hybridized carbons (Fsp3) is 0.333. The summed E-state index contributed by atoms with van der Waals surface area (Å²) in [7, 11) is 0. The standard InChI is InChI=1S/C24H26N4O4S.C24H25N3O5S/c1-5-15-8-6-7-9-16(15)10-12-27-21-17(14(2)18(33-21)19-26-11-13-32-19)20(29)28(23(27)31)24(3,4)22(25)30;1-5-15-8-6-7-9-16(15)10-12-26-21-17(14(2)18(33-21)19-25-11-13-32-19)20(28)27(23(26)31)24(3,4)22(29)30/h6-9,11,13H,5,10,12H2,1-4H3,(H2,25,30);6-9,11,13H,5,10,12H2,1-4H3,(H,29,30). The molecule has 8 rings (SSSR count). The van der Waals surface area contributed by atoms with Gasteiger partial charge in [-0.3, -0.25) is 23.5 Å². The molecule has 0 unspecified atom stereocenters. The molecule has 66 heavy (non-hydrogen) atoms. The second kappa shape index (κ2) is 18.5. The molecule has 0 saturated heterocycles. The highest BCUT2D eigenvalue weighted by molar-refractivity contribution is 7.22. The van der Waals surface area contributed by atoms with E-state index < -0.39 is 45.5 Å². The van der Waals surface area contributed by atoms with Gasteiger partial charge in [0.15, 0.2) is 0 Å². The third-order valence-corrected chi connectivity index (χ3v) is 14.7. The van der Waals surface area contributed by atoms with Crippen LogP contribution in [0.2, 0.25) is 0 Å². The molecule has 0 fully saturated rings. The number of benzene rings is 2. The molecular formula is C48H51N7O9S2. The van der Waals surface area contributed by atoms with Gasteiger partial charge in [0.1, 0.15) is 33.3 Å². The molecule has 0 bridgehead atoms. The molecular weight excluding hydrogens is 883 g/mol. The minimum absolute atomic E-state index is 0.299. The molecule has 0 aliphatic heterocycles. The molecule has 0 radical (unpaired) electrons. The van der Waals surface area contributed by atoms with E-state index >= 15 is 0 Å². The first kappa shape index (κ1) is 47.1. The van der Waals surface area contributed by atoms with E-state index in [1.807, 2.05) is 36.4 Å². The lowest BCUT2D eigenvalue weighted by Crippen LogP contribution is -2.54. The number of primary amides is 1. The molecule has 6 heterocycles. The van der Waals surface area contributed by atoms with Crippen molar-refractivity contribution in [2.75, 3.05) is 0 Å². The molecule has 0 atom stereocenters. The number of rotatable bonds is 14. The molecule has 344 valence electrons. The van der Waals surface area contributed by atoms with Crippen molar-refractivity contribution in [3.8, 4) is 21.5 Å². The number of carboxylic acids is 1. The fourth-order valence-corrected chi connectivity index (χ4v) is 10.6. The summed E-state index contributed by atoms with van der Waals surface area (Å²) in [5.74, 6) is -1.29. The Kier molecular flexibility index (Phi) is 13.2. The van der Waals surface area contributed by atoms with Crippen molar-refractivity contribution in [1.29, 1.82) is 0 Å². The number of hydrogen-bond acceptors (Lipinski definition) is 12. The summed E-state index contributed by atoms with van der Waals surface area (Å²) in [6.45, 7) is 14.0. The van der Waals surface area contributed by atoms with E-state index in [9.17, 15) is 33.9 Å². The van der Waals surface area contributed by atoms with E-state index in [0.717, 1.165) is 33.1 Å². The Hall–Kier alpha value is -6.92. The van der Waals surface area contributed by atoms with Crippen LogP contribution in [0, 0.1) is 13.8 Å². The first-order valence-electron chi connectivity index (χ1n) is 21.4. The maximum atomic E-state index is 13.6. The van der Waals surface area contributed by atoms with Crippen LogP contribution in [0.5, 0.6) is 0 Å². The average molecular weight is 934 g/mol. The highest BCUT2D eigenvalue weighted by Gasteiger charge is 2.36. The predicted octanol–water partition coefficient (Wildman–Crippen LogP) is 7.03. The number of amides is 1. The summed E-state index contributed by atoms with van der Waals surface area (Å²) < 4.78 is 15.8. The van der Waals surface area contributed by atoms with Crippen LogP contribution in [0.25, 0.3) is 42.0 Å². The van der Waals surface area contributed by atoms with Crippen LogP contribution in [0.1, 0.15) is 74.9 Å². The van der Waals surface area contributed by atoms with Gasteiger partial charge in [-0.2, -0.15) is 0 Å². The van der Waals surface area contributed by atoms with E-state index in [-0.39, 0.29) is 0 Å². The summed E-state index contributed by atoms with van der Waals surface area (Å²) in [6.07, 6.45) is 8.85. The van der Waals surface area contributed by atoms with Crippen molar-refractivity contribution in [3.63, 3.8) is 0 Å². The van der Waals surface area contributed by atoms with Crippen LogP contribution in [0.15, 0.2) is 101 Å². The monoisotopic (exact) mass is 933 g/mol. The van der Waals surface area contributed by atoms with Crippen molar-refractivity contribution < 1.29 is 23.5 Å². The van der Waals surface area contributed by atoms with E-state index in [2.05, 4.69) is 35.9 Å². The van der Waals surface area contributed by atoms with Crippen molar-refractivity contribution in [3.05, 3.63) is 149 Å². The highest BCUT2D eigenvalue weighted by Crippen LogP contribution is 2.37. The summed E-state index contributed by atoms with van der Waals surface area (Å²) in [5, 5.41) is 10.5. The Morgan fingerprint density at radius 3 is 1.36 bits per heavy atom. The van der Waals surface area contributed by atoms with Crippen molar-refractivity contribution in [1.82, 2.24) is 28.2 Å². The van der Waals surface area contributed by atoms with E-state index in [4.69, 9.17) is 14.6 Å². The Balaban J connectivity index is 0.000000196. The first-order chi connectivity index (χ1) is 31.4. The number of aromatic nitrogens is 6. The summed E-state index contributed by atoms with van der Waals surface area (Å²) in [5.41, 5.74) is 5.88. The van der Waals surface area contributed by atoms with Crippen LogP contribution in [-0.2, 0) is 59.4 Å². The maximum absolute atomic E-state index is 13.6. The zero-order valence-electron chi connectivity index (χ0n) is 38.0. The summed E-state index contributed by atoms with van der Waals surface area (Å²) >= 11 is 2.54. The Bertz CT molecular complexity index is 3140. The number of nitrogens with two attached hydrogens (primary N) is 1. The van der Waals surface area contributed by atoms with Gasteiger partial charge in [-0.05, 0) is 101 Å². The van der Waals surface area contributed by atoms with E-state index in [1.54, 1.807) is 18.4 Å². The zero-order chi connectivity index (χ0) is 47.8.